The fourth-order valence-corrected chi connectivity index (χ4v) is 3.32. The number of carbonyl (C=O) groups is 2. The van der Waals surface area contributed by atoms with Crippen LogP contribution in [0.2, 0.25) is 0 Å². The number of hydrogen-bond acceptors (Lipinski definition) is 2. The van der Waals surface area contributed by atoms with Gasteiger partial charge in [0.25, 0.3) is 5.91 Å². The van der Waals surface area contributed by atoms with Gasteiger partial charge in [0.2, 0.25) is 0 Å². The van der Waals surface area contributed by atoms with E-state index in [0.29, 0.717) is 37.7 Å². The molecule has 0 aliphatic carbocycles. The van der Waals surface area contributed by atoms with E-state index in [1.165, 1.54) is 24.3 Å². The molecule has 0 spiro atoms. The van der Waals surface area contributed by atoms with Crippen molar-refractivity contribution in [3.05, 3.63) is 65.5 Å². The highest BCUT2D eigenvalue weighted by Crippen LogP contribution is 2.21. The molecule has 3 rings (SSSR count). The van der Waals surface area contributed by atoms with Crippen LogP contribution in [0.3, 0.4) is 0 Å². The van der Waals surface area contributed by atoms with Crippen molar-refractivity contribution in [2.24, 2.45) is 5.92 Å². The number of nitrogens with one attached hydrogen (secondary N) is 2. The van der Waals surface area contributed by atoms with E-state index in [1.807, 2.05) is 0 Å². The highest BCUT2D eigenvalue weighted by Gasteiger charge is 2.23. The van der Waals surface area contributed by atoms with Crippen molar-refractivity contribution in [1.82, 2.24) is 10.2 Å². The Morgan fingerprint density at radius 1 is 0.966 bits per heavy atom. The van der Waals surface area contributed by atoms with Gasteiger partial charge in [-0.15, -0.1) is 0 Å². The molecule has 29 heavy (non-hydrogen) atoms. The number of nitrogens with zero attached hydrogens (tertiary/aromatic N) is 1. The van der Waals surface area contributed by atoms with E-state index in [-0.39, 0.29) is 17.4 Å². The number of hydrogen-bond donors (Lipinski definition) is 2. The Labute approximate surface area is 166 Å². The first-order chi connectivity index (χ1) is 13.9. The lowest BCUT2D eigenvalue weighted by Gasteiger charge is -2.32. The average molecular weight is 405 g/mol. The maximum atomic E-state index is 13.6. The van der Waals surface area contributed by atoms with Crippen LogP contribution in [-0.2, 0) is 0 Å². The maximum Gasteiger partial charge on any atom is 0.321 e. The molecule has 0 aromatic heterocycles. The smallest absolute Gasteiger partial charge is 0.321 e. The zero-order valence-electron chi connectivity index (χ0n) is 15.8. The minimum absolute atomic E-state index is 0.232. The Bertz CT molecular complexity index is 866. The van der Waals surface area contributed by atoms with E-state index < -0.39 is 17.5 Å². The number of amides is 3. The van der Waals surface area contributed by atoms with Gasteiger partial charge in [-0.05, 0) is 67.6 Å². The Morgan fingerprint density at radius 3 is 2.31 bits per heavy atom. The number of anilines is 1. The van der Waals surface area contributed by atoms with Crippen molar-refractivity contribution < 1.29 is 22.8 Å². The summed E-state index contributed by atoms with van der Waals surface area (Å²) in [5.74, 6) is -2.11. The van der Waals surface area contributed by atoms with Gasteiger partial charge in [0, 0.05) is 25.3 Å². The number of halogens is 3. The molecule has 3 amide bonds. The summed E-state index contributed by atoms with van der Waals surface area (Å²) in [6.45, 7) is 1.50. The maximum absolute atomic E-state index is 13.6. The monoisotopic (exact) mass is 405 g/mol. The van der Waals surface area contributed by atoms with Gasteiger partial charge < -0.3 is 15.5 Å². The summed E-state index contributed by atoms with van der Waals surface area (Å²) in [5.41, 5.74) is 0.225. The molecule has 2 aromatic rings. The molecule has 1 heterocycles. The first-order valence-electron chi connectivity index (χ1n) is 9.47. The lowest BCUT2D eigenvalue weighted by molar-refractivity contribution is 0.0945. The van der Waals surface area contributed by atoms with Crippen molar-refractivity contribution >= 4 is 17.6 Å². The van der Waals surface area contributed by atoms with Crippen molar-refractivity contribution in [3.63, 3.8) is 0 Å². The first kappa shape index (κ1) is 20.7. The number of benzene rings is 2. The fourth-order valence-electron chi connectivity index (χ4n) is 3.32. The Balaban J connectivity index is 1.39. The second-order valence-corrected chi connectivity index (χ2v) is 7.04. The normalized spacial score (nSPS) is 14.5. The molecular formula is C21H22F3N3O2. The topological polar surface area (TPSA) is 61.4 Å². The van der Waals surface area contributed by atoms with Crippen molar-refractivity contribution in [3.8, 4) is 0 Å². The Hall–Kier alpha value is -3.03. The van der Waals surface area contributed by atoms with Crippen molar-refractivity contribution in [2.75, 3.05) is 25.0 Å². The standard InChI is InChI=1S/C21H22F3N3O2/c22-15-1-4-17(5-2-15)26-21(29)27-11-8-14(9-12-27)7-10-25-20(28)18-13-16(23)3-6-19(18)24/h1-6,13-14H,7-12H2,(H,25,28)(H,26,29). The van der Waals surface area contributed by atoms with Crippen LogP contribution in [-0.4, -0.2) is 36.5 Å². The Kier molecular flexibility index (Phi) is 6.74. The second-order valence-electron chi connectivity index (χ2n) is 7.04. The van der Waals surface area contributed by atoms with Crippen LogP contribution in [0.15, 0.2) is 42.5 Å². The molecule has 154 valence electrons. The van der Waals surface area contributed by atoms with E-state index in [0.717, 1.165) is 31.0 Å². The molecule has 1 saturated heterocycles. The van der Waals surface area contributed by atoms with Crippen LogP contribution in [0.1, 0.15) is 29.6 Å². The van der Waals surface area contributed by atoms with Gasteiger partial charge in [0.1, 0.15) is 17.5 Å². The molecule has 0 atom stereocenters. The zero-order valence-corrected chi connectivity index (χ0v) is 15.8. The first-order valence-corrected chi connectivity index (χ1v) is 9.47. The largest absolute Gasteiger partial charge is 0.352 e. The van der Waals surface area contributed by atoms with Gasteiger partial charge >= 0.3 is 6.03 Å². The third-order valence-electron chi connectivity index (χ3n) is 5.01. The van der Waals surface area contributed by atoms with Crippen LogP contribution in [0.25, 0.3) is 0 Å². The minimum atomic E-state index is -0.760. The van der Waals surface area contributed by atoms with Crippen molar-refractivity contribution in [1.29, 1.82) is 0 Å². The molecule has 8 heteroatoms. The van der Waals surface area contributed by atoms with Crippen LogP contribution in [0.4, 0.5) is 23.7 Å². The molecule has 0 bridgehead atoms. The molecule has 0 saturated carbocycles. The van der Waals surface area contributed by atoms with E-state index in [2.05, 4.69) is 10.6 Å². The van der Waals surface area contributed by atoms with Gasteiger partial charge in [-0.2, -0.15) is 0 Å². The molecule has 0 radical (unpaired) electrons. The van der Waals surface area contributed by atoms with Gasteiger partial charge in [-0.1, -0.05) is 0 Å². The SMILES string of the molecule is O=C(NCCC1CCN(C(=O)Nc2ccc(F)cc2)CC1)c1cc(F)ccc1F. The van der Waals surface area contributed by atoms with E-state index >= 15 is 0 Å². The van der Waals surface area contributed by atoms with E-state index in [4.69, 9.17) is 0 Å². The fraction of sp³-hybridized carbons (Fsp3) is 0.333. The van der Waals surface area contributed by atoms with Gasteiger partial charge in [-0.3, -0.25) is 4.79 Å². The number of carbonyl (C=O) groups excluding carboxylic acids is 2. The van der Waals surface area contributed by atoms with Gasteiger partial charge in [0.05, 0.1) is 5.56 Å². The van der Waals surface area contributed by atoms with Crippen LogP contribution in [0, 0.1) is 23.4 Å². The minimum Gasteiger partial charge on any atom is -0.352 e. The number of urea groups is 1. The lowest BCUT2D eigenvalue weighted by atomic mass is 9.93. The van der Waals surface area contributed by atoms with Crippen molar-refractivity contribution in [2.45, 2.75) is 19.3 Å². The van der Waals surface area contributed by atoms with Gasteiger partial charge in [0.15, 0.2) is 0 Å². The van der Waals surface area contributed by atoms with E-state index in [1.54, 1.807) is 4.90 Å². The molecule has 1 aliphatic rings. The van der Waals surface area contributed by atoms with E-state index in [9.17, 15) is 22.8 Å². The summed E-state index contributed by atoms with van der Waals surface area (Å²) in [7, 11) is 0. The van der Waals surface area contributed by atoms with Crippen LogP contribution < -0.4 is 10.6 Å². The molecule has 1 aliphatic heterocycles. The summed E-state index contributed by atoms with van der Waals surface area (Å²) in [5, 5.41) is 5.35. The quantitative estimate of drug-likeness (QED) is 0.785. The third kappa shape index (κ3) is 5.73. The number of rotatable bonds is 5. The summed E-state index contributed by atoms with van der Waals surface area (Å²) in [6, 6.07) is 8.11. The molecule has 5 nitrogen and oxygen atoms in total. The zero-order chi connectivity index (χ0) is 20.8. The average Bonchev–Trinajstić information content (AvgIpc) is 2.72. The molecule has 0 unspecified atom stereocenters. The predicted octanol–water partition coefficient (Wildman–Crippen LogP) is 4.17. The lowest BCUT2D eigenvalue weighted by Crippen LogP contribution is -2.41. The third-order valence-corrected chi connectivity index (χ3v) is 5.01. The molecule has 1 fully saturated rings. The highest BCUT2D eigenvalue weighted by atomic mass is 19.1. The molecule has 2 aromatic carbocycles. The number of likely N-dealkylation sites (tertiary alicyclic amines) is 1. The summed E-state index contributed by atoms with van der Waals surface area (Å²) >= 11 is 0. The summed E-state index contributed by atoms with van der Waals surface area (Å²) in [4.78, 5) is 26.0. The highest BCUT2D eigenvalue weighted by molar-refractivity contribution is 5.94. The van der Waals surface area contributed by atoms with Gasteiger partial charge in [-0.25, -0.2) is 18.0 Å². The molecule has 2 N–H and O–H groups in total. The summed E-state index contributed by atoms with van der Waals surface area (Å²) in [6.07, 6.45) is 2.25. The predicted molar refractivity (Wildman–Crippen MR) is 103 cm³/mol. The Morgan fingerprint density at radius 2 is 1.62 bits per heavy atom. The van der Waals surface area contributed by atoms with Crippen LogP contribution in [0.5, 0.6) is 0 Å². The molecular weight excluding hydrogens is 383 g/mol. The summed E-state index contributed by atoms with van der Waals surface area (Å²) < 4.78 is 39.7. The number of piperidine rings is 1. The van der Waals surface area contributed by atoms with Crippen LogP contribution >= 0.6 is 0 Å². The second kappa shape index (κ2) is 9.45.